The third-order valence-electron chi connectivity index (χ3n) is 3.80. The number of carbonyl (C=O) groups is 1. The predicted octanol–water partition coefficient (Wildman–Crippen LogP) is 3.22. The lowest BCUT2D eigenvalue weighted by molar-refractivity contribution is -0.140. The molecule has 0 spiro atoms. The minimum Gasteiger partial charge on any atom is -0.469 e. The highest BCUT2D eigenvalue weighted by Crippen LogP contribution is 2.07. The summed E-state index contributed by atoms with van der Waals surface area (Å²) >= 11 is 0. The fraction of sp³-hybridized carbons (Fsp3) is 0.571. The monoisotopic (exact) mass is 366 g/mol. The highest BCUT2D eigenvalue weighted by Gasteiger charge is 2.13. The van der Waals surface area contributed by atoms with Crippen LogP contribution in [0.15, 0.2) is 48.6 Å². The van der Waals surface area contributed by atoms with Crippen molar-refractivity contribution in [3.63, 3.8) is 0 Å². The zero-order chi connectivity index (χ0) is 19.6. The highest BCUT2D eigenvalue weighted by molar-refractivity contribution is 5.68. The Kier molecular flexibility index (Phi) is 15.7. The van der Waals surface area contributed by atoms with Gasteiger partial charge in [0, 0.05) is 6.42 Å². The van der Waals surface area contributed by atoms with Crippen molar-refractivity contribution in [3.8, 4) is 0 Å². The molecule has 148 valence electrons. The van der Waals surface area contributed by atoms with Crippen LogP contribution in [0.4, 0.5) is 0 Å². The summed E-state index contributed by atoms with van der Waals surface area (Å²) in [6, 6.07) is 0. The van der Waals surface area contributed by atoms with E-state index in [1.54, 1.807) is 24.3 Å². The normalized spacial score (nSPS) is 16.0. The summed E-state index contributed by atoms with van der Waals surface area (Å²) < 4.78 is 4.52. The number of rotatable bonds is 14. The summed E-state index contributed by atoms with van der Waals surface area (Å²) in [5.41, 5.74) is 0. The lowest BCUT2D eigenvalue weighted by Gasteiger charge is -2.13. The Hall–Kier alpha value is -1.69. The second-order valence-corrected chi connectivity index (χ2v) is 6.13. The van der Waals surface area contributed by atoms with E-state index < -0.39 is 18.3 Å². The van der Waals surface area contributed by atoms with E-state index in [1.165, 1.54) is 13.2 Å². The van der Waals surface area contributed by atoms with Gasteiger partial charge in [0.05, 0.1) is 25.4 Å². The van der Waals surface area contributed by atoms with Gasteiger partial charge in [0.2, 0.25) is 0 Å². The van der Waals surface area contributed by atoms with E-state index in [-0.39, 0.29) is 12.4 Å². The van der Waals surface area contributed by atoms with E-state index in [9.17, 15) is 20.1 Å². The first-order valence-electron chi connectivity index (χ1n) is 9.30. The molecule has 0 saturated carbocycles. The summed E-state index contributed by atoms with van der Waals surface area (Å²) in [6.07, 6.45) is 16.8. The molecule has 0 aromatic carbocycles. The lowest BCUT2D eigenvalue weighted by atomic mass is 10.1. The van der Waals surface area contributed by atoms with E-state index in [2.05, 4.69) is 11.7 Å². The Bertz CT molecular complexity index is 465. The van der Waals surface area contributed by atoms with Crippen molar-refractivity contribution in [1.82, 2.24) is 0 Å². The first-order valence-corrected chi connectivity index (χ1v) is 9.30. The quantitative estimate of drug-likeness (QED) is 0.250. The van der Waals surface area contributed by atoms with Crippen LogP contribution in [0.2, 0.25) is 0 Å². The van der Waals surface area contributed by atoms with Gasteiger partial charge in [-0.25, -0.2) is 0 Å². The smallest absolute Gasteiger partial charge is 0.305 e. The maximum atomic E-state index is 11.0. The Morgan fingerprint density at radius 3 is 2.12 bits per heavy atom. The average Bonchev–Trinajstić information content (AvgIpc) is 2.63. The van der Waals surface area contributed by atoms with Crippen LogP contribution in [0.1, 0.15) is 51.9 Å². The predicted molar refractivity (Wildman–Crippen MR) is 105 cm³/mol. The van der Waals surface area contributed by atoms with Crippen molar-refractivity contribution in [1.29, 1.82) is 0 Å². The topological polar surface area (TPSA) is 87.0 Å². The van der Waals surface area contributed by atoms with Gasteiger partial charge in [-0.15, -0.1) is 0 Å². The second-order valence-electron chi connectivity index (χ2n) is 6.13. The SMILES string of the molecule is CCCCC[C@H](O)/C=C/C=C\C=C\C=C\[C@H](O)[C@H](O)CCCC(=O)OC. The molecular formula is C21H34O5. The molecular weight excluding hydrogens is 332 g/mol. The number of esters is 1. The molecule has 0 heterocycles. The molecule has 3 N–H and O–H groups in total. The number of ether oxygens (including phenoxy) is 1. The van der Waals surface area contributed by atoms with Crippen molar-refractivity contribution in [3.05, 3.63) is 48.6 Å². The summed E-state index contributed by atoms with van der Waals surface area (Å²) in [6.45, 7) is 2.14. The third kappa shape index (κ3) is 14.6. The van der Waals surface area contributed by atoms with Gasteiger partial charge in [0.1, 0.15) is 0 Å². The molecule has 26 heavy (non-hydrogen) atoms. The standard InChI is InChI=1S/C21H34O5/c1-3-4-9-13-18(22)14-10-7-5-6-8-11-15-19(23)20(24)16-12-17-21(25)26-2/h5-8,10-11,14-15,18-20,22-24H,3-4,9,12-13,16-17H2,1-2H3/b7-5-,8-6+,14-10+,15-11+/t18-,19-,20+/m0/s1. The second kappa shape index (κ2) is 16.8. The first kappa shape index (κ1) is 24.3. The molecule has 0 aliphatic heterocycles. The lowest BCUT2D eigenvalue weighted by Crippen LogP contribution is -2.23. The molecule has 0 aromatic rings. The molecule has 5 nitrogen and oxygen atoms in total. The number of carbonyl (C=O) groups excluding carboxylic acids is 1. The minimum absolute atomic E-state index is 0.232. The molecule has 0 aliphatic rings. The Labute approximate surface area is 157 Å². The van der Waals surface area contributed by atoms with Crippen LogP contribution >= 0.6 is 0 Å². The van der Waals surface area contributed by atoms with E-state index in [4.69, 9.17) is 0 Å². The molecule has 0 radical (unpaired) electrons. The van der Waals surface area contributed by atoms with E-state index in [0.29, 0.717) is 12.8 Å². The van der Waals surface area contributed by atoms with Gasteiger partial charge in [-0.2, -0.15) is 0 Å². The molecule has 0 bridgehead atoms. The van der Waals surface area contributed by atoms with E-state index >= 15 is 0 Å². The van der Waals surface area contributed by atoms with Gasteiger partial charge in [-0.1, -0.05) is 74.8 Å². The summed E-state index contributed by atoms with van der Waals surface area (Å²) in [7, 11) is 1.32. The number of unbranched alkanes of at least 4 members (excludes halogenated alkanes) is 2. The summed E-state index contributed by atoms with van der Waals surface area (Å²) in [5.74, 6) is -0.320. The van der Waals surface area contributed by atoms with Crippen LogP contribution in [0, 0.1) is 0 Å². The van der Waals surface area contributed by atoms with Crippen LogP contribution in [-0.4, -0.2) is 46.7 Å². The van der Waals surface area contributed by atoms with Gasteiger partial charge in [0.25, 0.3) is 0 Å². The molecule has 0 amide bonds. The number of hydrogen-bond acceptors (Lipinski definition) is 5. The first-order chi connectivity index (χ1) is 12.5. The fourth-order valence-corrected chi connectivity index (χ4v) is 2.18. The molecule has 0 fully saturated rings. The maximum Gasteiger partial charge on any atom is 0.305 e. The molecule has 0 aliphatic carbocycles. The number of aliphatic hydroxyl groups is 3. The van der Waals surface area contributed by atoms with Crippen molar-refractivity contribution in [2.75, 3.05) is 7.11 Å². The van der Waals surface area contributed by atoms with Crippen LogP contribution in [0.5, 0.6) is 0 Å². The molecule has 3 atom stereocenters. The van der Waals surface area contributed by atoms with Crippen molar-refractivity contribution in [2.24, 2.45) is 0 Å². The average molecular weight is 366 g/mol. The number of methoxy groups -OCH3 is 1. The Morgan fingerprint density at radius 1 is 0.885 bits per heavy atom. The minimum atomic E-state index is -0.973. The Balaban J connectivity index is 3.98. The van der Waals surface area contributed by atoms with Gasteiger partial charge in [-0.05, 0) is 19.3 Å². The Morgan fingerprint density at radius 2 is 1.50 bits per heavy atom. The van der Waals surface area contributed by atoms with E-state index in [0.717, 1.165) is 25.7 Å². The van der Waals surface area contributed by atoms with Gasteiger partial charge in [-0.3, -0.25) is 4.79 Å². The highest BCUT2D eigenvalue weighted by atomic mass is 16.5. The number of allylic oxidation sites excluding steroid dienone is 6. The van der Waals surface area contributed by atoms with Gasteiger partial charge in [0.15, 0.2) is 0 Å². The maximum absolute atomic E-state index is 11.0. The fourth-order valence-electron chi connectivity index (χ4n) is 2.18. The summed E-state index contributed by atoms with van der Waals surface area (Å²) in [5, 5.41) is 29.3. The summed E-state index contributed by atoms with van der Waals surface area (Å²) in [4.78, 5) is 11.0. The van der Waals surface area contributed by atoms with E-state index in [1.807, 2.05) is 18.2 Å². The van der Waals surface area contributed by atoms with Gasteiger partial charge >= 0.3 is 5.97 Å². The number of hydrogen-bond donors (Lipinski definition) is 3. The number of aliphatic hydroxyl groups excluding tert-OH is 3. The molecule has 0 rings (SSSR count). The van der Waals surface area contributed by atoms with Crippen LogP contribution in [0.3, 0.4) is 0 Å². The van der Waals surface area contributed by atoms with Crippen molar-refractivity contribution < 1.29 is 24.9 Å². The third-order valence-corrected chi connectivity index (χ3v) is 3.80. The van der Waals surface area contributed by atoms with Crippen molar-refractivity contribution >= 4 is 5.97 Å². The molecule has 0 unspecified atom stereocenters. The molecule has 0 aromatic heterocycles. The van der Waals surface area contributed by atoms with Crippen LogP contribution < -0.4 is 0 Å². The zero-order valence-electron chi connectivity index (χ0n) is 16.0. The van der Waals surface area contributed by atoms with Crippen LogP contribution in [-0.2, 0) is 9.53 Å². The molecule has 0 saturated heterocycles. The largest absolute Gasteiger partial charge is 0.469 e. The zero-order valence-corrected chi connectivity index (χ0v) is 16.0. The van der Waals surface area contributed by atoms with Crippen LogP contribution in [0.25, 0.3) is 0 Å². The van der Waals surface area contributed by atoms with Crippen molar-refractivity contribution in [2.45, 2.75) is 70.2 Å². The van der Waals surface area contributed by atoms with Gasteiger partial charge < -0.3 is 20.1 Å². The molecule has 5 heteroatoms.